The van der Waals surface area contributed by atoms with Crippen molar-refractivity contribution in [2.24, 2.45) is 0 Å². The van der Waals surface area contributed by atoms with E-state index >= 15 is 0 Å². The number of fused-ring (bicyclic) bond motifs is 1. The fourth-order valence-electron chi connectivity index (χ4n) is 3.53. The van der Waals surface area contributed by atoms with E-state index < -0.39 is 5.82 Å². The Morgan fingerprint density at radius 3 is 2.79 bits per heavy atom. The molecule has 8 nitrogen and oxygen atoms in total. The summed E-state index contributed by atoms with van der Waals surface area (Å²) in [6.45, 7) is 3.73. The van der Waals surface area contributed by atoms with E-state index in [0.29, 0.717) is 60.1 Å². The van der Waals surface area contributed by atoms with Crippen LogP contribution in [-0.4, -0.2) is 48.3 Å². The third-order valence-corrected chi connectivity index (χ3v) is 5.64. The topological polar surface area (TPSA) is 94.6 Å². The van der Waals surface area contributed by atoms with Gasteiger partial charge in [0.05, 0.1) is 30.3 Å². The first-order valence-electron chi connectivity index (χ1n) is 11.2. The summed E-state index contributed by atoms with van der Waals surface area (Å²) < 4.78 is 31.2. The van der Waals surface area contributed by atoms with Crippen LogP contribution in [0.25, 0.3) is 10.9 Å². The van der Waals surface area contributed by atoms with Gasteiger partial charge in [0.25, 0.3) is 0 Å². The van der Waals surface area contributed by atoms with E-state index in [-0.39, 0.29) is 23.6 Å². The Morgan fingerprint density at radius 2 is 2.03 bits per heavy atom. The zero-order valence-corrected chi connectivity index (χ0v) is 19.5. The summed E-state index contributed by atoms with van der Waals surface area (Å²) in [7, 11) is 0. The number of carbonyl (C=O) groups excluding carboxylic acids is 1. The zero-order chi connectivity index (χ0) is 23.9. The van der Waals surface area contributed by atoms with E-state index in [2.05, 4.69) is 20.6 Å². The van der Waals surface area contributed by atoms with Gasteiger partial charge in [-0.15, -0.1) is 0 Å². The number of hydrogen-bond acceptors (Lipinski definition) is 7. The molecule has 0 unspecified atom stereocenters. The van der Waals surface area contributed by atoms with Crippen molar-refractivity contribution >= 4 is 39.9 Å². The predicted octanol–water partition coefficient (Wildman–Crippen LogP) is 4.63. The summed E-state index contributed by atoms with van der Waals surface area (Å²) >= 11 is 5.92. The number of carbonyl (C=O) groups is 1. The van der Waals surface area contributed by atoms with Crippen molar-refractivity contribution in [2.45, 2.75) is 32.3 Å². The monoisotopic (exact) mass is 488 g/mol. The molecule has 0 aliphatic carbocycles. The van der Waals surface area contributed by atoms with Crippen molar-refractivity contribution in [1.29, 1.82) is 0 Å². The molecule has 34 heavy (non-hydrogen) atoms. The van der Waals surface area contributed by atoms with E-state index in [1.807, 2.05) is 6.07 Å². The minimum atomic E-state index is -0.496. The number of nitrogens with zero attached hydrogens (tertiary/aromatic N) is 2. The number of aromatic nitrogens is 2. The molecule has 1 aromatic heterocycles. The van der Waals surface area contributed by atoms with Crippen LogP contribution < -0.4 is 20.1 Å². The second-order valence-corrected chi connectivity index (χ2v) is 8.18. The highest BCUT2D eigenvalue weighted by Crippen LogP contribution is 2.36. The molecule has 0 spiro atoms. The molecule has 10 heteroatoms. The van der Waals surface area contributed by atoms with Gasteiger partial charge in [0.1, 0.15) is 30.7 Å². The quantitative estimate of drug-likeness (QED) is 0.424. The lowest BCUT2D eigenvalue weighted by molar-refractivity contribution is -0.120. The van der Waals surface area contributed by atoms with Gasteiger partial charge >= 0.3 is 0 Å². The van der Waals surface area contributed by atoms with Crippen LogP contribution >= 0.6 is 11.6 Å². The molecule has 0 atom stereocenters. The summed E-state index contributed by atoms with van der Waals surface area (Å²) in [5.41, 5.74) is 1.22. The van der Waals surface area contributed by atoms with Gasteiger partial charge in [-0.3, -0.25) is 4.79 Å². The van der Waals surface area contributed by atoms with E-state index in [1.54, 1.807) is 19.1 Å². The highest BCUT2D eigenvalue weighted by atomic mass is 35.5. The Bertz CT molecular complexity index is 1160. The third-order valence-electron chi connectivity index (χ3n) is 5.35. The van der Waals surface area contributed by atoms with Gasteiger partial charge in [0.2, 0.25) is 5.91 Å². The van der Waals surface area contributed by atoms with Crippen molar-refractivity contribution in [3.8, 4) is 11.5 Å². The number of halogens is 2. The molecule has 0 saturated carbocycles. The first kappa shape index (κ1) is 24.0. The molecule has 4 rings (SSSR count). The standard InChI is InChI=1S/C24H26ClFN4O4/c1-2-23(31)27-7-10-33-21-13-20-17(12-22(21)34-16-5-8-32-9-6-16)24(29-14-28-20)30-15-3-4-19(26)18(25)11-15/h3-4,11-14,16H,2,5-10H2,1H3,(H,27,31)(H,28,29,30). The van der Waals surface area contributed by atoms with Crippen LogP contribution in [0, 0.1) is 5.82 Å². The average Bonchev–Trinajstić information content (AvgIpc) is 2.85. The number of amides is 1. The second kappa shape index (κ2) is 11.3. The maximum atomic E-state index is 13.6. The van der Waals surface area contributed by atoms with E-state index in [0.717, 1.165) is 12.8 Å². The van der Waals surface area contributed by atoms with Gasteiger partial charge in [-0.2, -0.15) is 0 Å². The van der Waals surface area contributed by atoms with Crippen LogP contribution in [0.4, 0.5) is 15.9 Å². The third kappa shape index (κ3) is 6.03. The van der Waals surface area contributed by atoms with Crippen LogP contribution in [-0.2, 0) is 9.53 Å². The lowest BCUT2D eigenvalue weighted by Gasteiger charge is -2.25. The minimum Gasteiger partial charge on any atom is -0.488 e. The maximum absolute atomic E-state index is 13.6. The molecule has 0 radical (unpaired) electrons. The fourth-order valence-corrected chi connectivity index (χ4v) is 3.71. The van der Waals surface area contributed by atoms with Crippen LogP contribution in [0.2, 0.25) is 5.02 Å². The Hall–Kier alpha value is -3.17. The van der Waals surface area contributed by atoms with Gasteiger partial charge < -0.3 is 24.8 Å². The normalized spacial score (nSPS) is 14.1. The van der Waals surface area contributed by atoms with E-state index in [1.165, 1.54) is 18.5 Å². The number of ether oxygens (including phenoxy) is 3. The van der Waals surface area contributed by atoms with Crippen LogP contribution in [0.15, 0.2) is 36.7 Å². The lowest BCUT2D eigenvalue weighted by Crippen LogP contribution is -2.28. The van der Waals surface area contributed by atoms with Crippen molar-refractivity contribution in [3.63, 3.8) is 0 Å². The lowest BCUT2D eigenvalue weighted by atomic mass is 10.1. The molecule has 180 valence electrons. The second-order valence-electron chi connectivity index (χ2n) is 7.77. The number of anilines is 2. The SMILES string of the molecule is CCC(=O)NCCOc1cc2ncnc(Nc3ccc(F)c(Cl)c3)c2cc1OC1CCOCC1. The molecule has 2 N–H and O–H groups in total. The van der Waals surface area contributed by atoms with Crippen molar-refractivity contribution < 1.29 is 23.4 Å². The first-order valence-corrected chi connectivity index (χ1v) is 11.6. The van der Waals surface area contributed by atoms with Crippen LogP contribution in [0.5, 0.6) is 11.5 Å². The molecule has 2 heterocycles. The summed E-state index contributed by atoms with van der Waals surface area (Å²) in [6, 6.07) is 7.98. The van der Waals surface area contributed by atoms with E-state index in [9.17, 15) is 9.18 Å². The van der Waals surface area contributed by atoms with Gasteiger partial charge in [-0.05, 0) is 24.3 Å². The van der Waals surface area contributed by atoms with Gasteiger partial charge in [0, 0.05) is 36.4 Å². The largest absolute Gasteiger partial charge is 0.488 e. The molecule has 1 aliphatic heterocycles. The highest BCUT2D eigenvalue weighted by Gasteiger charge is 2.19. The first-order chi connectivity index (χ1) is 16.5. The van der Waals surface area contributed by atoms with Crippen molar-refractivity contribution in [3.05, 3.63) is 47.5 Å². The average molecular weight is 489 g/mol. The number of nitrogens with one attached hydrogen (secondary N) is 2. The Morgan fingerprint density at radius 1 is 1.21 bits per heavy atom. The summed E-state index contributed by atoms with van der Waals surface area (Å²) in [4.78, 5) is 20.2. The van der Waals surface area contributed by atoms with Crippen molar-refractivity contribution in [1.82, 2.24) is 15.3 Å². The Balaban J connectivity index is 1.62. The van der Waals surface area contributed by atoms with Gasteiger partial charge in [-0.25, -0.2) is 14.4 Å². The van der Waals surface area contributed by atoms with Gasteiger partial charge in [-0.1, -0.05) is 18.5 Å². The molecular weight excluding hydrogens is 463 g/mol. The Kier molecular flexibility index (Phi) is 7.97. The van der Waals surface area contributed by atoms with Crippen molar-refractivity contribution in [2.75, 3.05) is 31.7 Å². The maximum Gasteiger partial charge on any atom is 0.219 e. The highest BCUT2D eigenvalue weighted by molar-refractivity contribution is 6.31. The van der Waals surface area contributed by atoms with Crippen LogP contribution in [0.1, 0.15) is 26.2 Å². The van der Waals surface area contributed by atoms with Gasteiger partial charge in [0.15, 0.2) is 11.5 Å². The fraction of sp³-hybridized carbons (Fsp3) is 0.375. The molecule has 1 fully saturated rings. The minimum absolute atomic E-state index is 0.00899. The zero-order valence-electron chi connectivity index (χ0n) is 18.8. The molecule has 1 amide bonds. The summed E-state index contributed by atoms with van der Waals surface area (Å²) in [6.07, 6.45) is 3.38. The van der Waals surface area contributed by atoms with E-state index in [4.69, 9.17) is 25.8 Å². The Labute approximate surface area is 201 Å². The molecule has 3 aromatic rings. The summed E-state index contributed by atoms with van der Waals surface area (Å²) in [5, 5.41) is 6.68. The number of benzene rings is 2. The van der Waals surface area contributed by atoms with Crippen LogP contribution in [0.3, 0.4) is 0 Å². The number of rotatable bonds is 9. The predicted molar refractivity (Wildman–Crippen MR) is 127 cm³/mol. The molecule has 1 aliphatic rings. The molecule has 0 bridgehead atoms. The molecule has 1 saturated heterocycles. The number of hydrogen-bond donors (Lipinski definition) is 2. The summed E-state index contributed by atoms with van der Waals surface area (Å²) in [5.74, 6) is 1.07. The smallest absolute Gasteiger partial charge is 0.219 e. The molecule has 2 aromatic carbocycles. The molecular formula is C24H26ClFN4O4.